The smallest absolute Gasteiger partial charge is 0.233 e. The predicted octanol–water partition coefficient (Wildman–Crippen LogP) is 3.20. The van der Waals surface area contributed by atoms with Crippen molar-refractivity contribution in [2.75, 3.05) is 6.61 Å². The Morgan fingerprint density at radius 3 is 2.80 bits per heavy atom. The monoisotopic (exact) mass is 270 g/mol. The lowest BCUT2D eigenvalue weighted by atomic mass is 9.90. The average Bonchev–Trinajstić information content (AvgIpc) is 2.28. The van der Waals surface area contributed by atoms with Crippen molar-refractivity contribution in [2.45, 2.75) is 32.1 Å². The third kappa shape index (κ3) is 3.45. The summed E-state index contributed by atoms with van der Waals surface area (Å²) in [6.45, 7) is 0.783. The van der Waals surface area contributed by atoms with Gasteiger partial charge in [-0.05, 0) is 34.7 Å². The number of halogens is 1. The Morgan fingerprint density at radius 2 is 2.07 bits per heavy atom. The molecule has 82 valence electrons. The van der Waals surface area contributed by atoms with E-state index in [-0.39, 0.29) is 0 Å². The second-order valence-electron chi connectivity index (χ2n) is 4.00. The molecule has 1 fully saturated rings. The van der Waals surface area contributed by atoms with Gasteiger partial charge in [-0.25, -0.2) is 4.98 Å². The lowest BCUT2D eigenvalue weighted by Gasteiger charge is -2.21. The third-order valence-electron chi connectivity index (χ3n) is 2.77. The van der Waals surface area contributed by atoms with Crippen LogP contribution in [0.3, 0.4) is 0 Å². The van der Waals surface area contributed by atoms with E-state index in [0.29, 0.717) is 11.8 Å². The van der Waals surface area contributed by atoms with Crippen molar-refractivity contribution in [1.29, 1.82) is 0 Å². The molecule has 0 bridgehead atoms. The highest BCUT2D eigenvalue weighted by molar-refractivity contribution is 9.10. The standard InChI is InChI=1S/C11H15BrN2O/c12-10-6-13-7-11(14-10)15-8-9-4-2-1-3-5-9/h6-7,9H,1-5,8H2. The maximum atomic E-state index is 5.62. The molecule has 3 nitrogen and oxygen atoms in total. The first-order valence-electron chi connectivity index (χ1n) is 5.45. The van der Waals surface area contributed by atoms with Crippen LogP contribution < -0.4 is 4.74 Å². The Labute approximate surface area is 98.4 Å². The first kappa shape index (κ1) is 10.9. The van der Waals surface area contributed by atoms with Gasteiger partial charge in [0, 0.05) is 0 Å². The van der Waals surface area contributed by atoms with Crippen LogP contribution in [-0.2, 0) is 0 Å². The summed E-state index contributed by atoms with van der Waals surface area (Å²) in [7, 11) is 0. The van der Waals surface area contributed by atoms with Gasteiger partial charge in [0.2, 0.25) is 5.88 Å². The van der Waals surface area contributed by atoms with Crippen LogP contribution in [0, 0.1) is 5.92 Å². The summed E-state index contributed by atoms with van der Waals surface area (Å²) in [5.74, 6) is 1.33. The van der Waals surface area contributed by atoms with Crippen LogP contribution in [0.15, 0.2) is 17.0 Å². The van der Waals surface area contributed by atoms with Gasteiger partial charge >= 0.3 is 0 Å². The molecule has 2 rings (SSSR count). The summed E-state index contributed by atoms with van der Waals surface area (Å²) < 4.78 is 6.35. The Balaban J connectivity index is 1.81. The highest BCUT2D eigenvalue weighted by Gasteiger charge is 2.14. The first-order chi connectivity index (χ1) is 7.34. The van der Waals surface area contributed by atoms with Crippen molar-refractivity contribution in [3.05, 3.63) is 17.0 Å². The number of hydrogen-bond donors (Lipinski definition) is 0. The van der Waals surface area contributed by atoms with Gasteiger partial charge < -0.3 is 4.74 Å². The molecule has 0 unspecified atom stereocenters. The second kappa shape index (κ2) is 5.45. The number of rotatable bonds is 3. The fourth-order valence-corrected chi connectivity index (χ4v) is 2.25. The molecule has 0 saturated heterocycles. The summed E-state index contributed by atoms with van der Waals surface area (Å²) in [6.07, 6.45) is 9.98. The van der Waals surface area contributed by atoms with E-state index in [1.54, 1.807) is 12.4 Å². The van der Waals surface area contributed by atoms with Crippen LogP contribution in [0.2, 0.25) is 0 Å². The highest BCUT2D eigenvalue weighted by atomic mass is 79.9. The number of hydrogen-bond acceptors (Lipinski definition) is 3. The summed E-state index contributed by atoms with van der Waals surface area (Å²) >= 11 is 3.27. The van der Waals surface area contributed by atoms with E-state index >= 15 is 0 Å². The molecule has 0 atom stereocenters. The first-order valence-corrected chi connectivity index (χ1v) is 6.24. The minimum Gasteiger partial charge on any atom is -0.476 e. The Hall–Kier alpha value is -0.640. The Morgan fingerprint density at radius 1 is 1.27 bits per heavy atom. The molecule has 0 N–H and O–H groups in total. The summed E-state index contributed by atoms with van der Waals surface area (Å²) in [5, 5.41) is 0. The molecule has 0 aliphatic heterocycles. The summed E-state index contributed by atoms with van der Waals surface area (Å²) in [5.41, 5.74) is 0. The maximum absolute atomic E-state index is 5.62. The van der Waals surface area contributed by atoms with Gasteiger partial charge in [0.1, 0.15) is 4.60 Å². The van der Waals surface area contributed by atoms with Crippen LogP contribution in [0.1, 0.15) is 32.1 Å². The van der Waals surface area contributed by atoms with Gasteiger partial charge in [-0.1, -0.05) is 19.3 Å². The van der Waals surface area contributed by atoms with E-state index in [2.05, 4.69) is 25.9 Å². The summed E-state index contributed by atoms with van der Waals surface area (Å²) in [6, 6.07) is 0. The maximum Gasteiger partial charge on any atom is 0.233 e. The Bertz CT molecular complexity index is 313. The van der Waals surface area contributed by atoms with Crippen molar-refractivity contribution in [3.8, 4) is 5.88 Å². The van der Waals surface area contributed by atoms with Crippen molar-refractivity contribution in [2.24, 2.45) is 5.92 Å². The fourth-order valence-electron chi connectivity index (χ4n) is 1.95. The molecule has 1 heterocycles. The van der Waals surface area contributed by atoms with Crippen LogP contribution >= 0.6 is 15.9 Å². The molecule has 0 radical (unpaired) electrons. The number of aromatic nitrogens is 2. The zero-order valence-corrected chi connectivity index (χ0v) is 10.2. The van der Waals surface area contributed by atoms with E-state index in [0.717, 1.165) is 11.2 Å². The molecule has 0 aromatic carbocycles. The van der Waals surface area contributed by atoms with Crippen molar-refractivity contribution < 1.29 is 4.74 Å². The van der Waals surface area contributed by atoms with Gasteiger partial charge in [0.15, 0.2) is 0 Å². The Kier molecular flexibility index (Phi) is 3.94. The molecule has 15 heavy (non-hydrogen) atoms. The molecule has 0 spiro atoms. The van der Waals surface area contributed by atoms with Gasteiger partial charge in [0.05, 0.1) is 19.0 Å². The second-order valence-corrected chi connectivity index (χ2v) is 4.81. The number of nitrogens with zero attached hydrogens (tertiary/aromatic N) is 2. The number of ether oxygens (including phenoxy) is 1. The third-order valence-corrected chi connectivity index (χ3v) is 3.16. The van der Waals surface area contributed by atoms with Crippen LogP contribution in [0.5, 0.6) is 5.88 Å². The zero-order valence-electron chi connectivity index (χ0n) is 8.66. The van der Waals surface area contributed by atoms with Crippen LogP contribution in [0.4, 0.5) is 0 Å². The van der Waals surface area contributed by atoms with Gasteiger partial charge in [-0.3, -0.25) is 4.98 Å². The van der Waals surface area contributed by atoms with Gasteiger partial charge in [-0.2, -0.15) is 0 Å². The van der Waals surface area contributed by atoms with Crippen molar-refractivity contribution in [1.82, 2.24) is 9.97 Å². The average molecular weight is 271 g/mol. The topological polar surface area (TPSA) is 35.0 Å². The predicted molar refractivity (Wildman–Crippen MR) is 61.8 cm³/mol. The van der Waals surface area contributed by atoms with Crippen molar-refractivity contribution in [3.63, 3.8) is 0 Å². The minimum absolute atomic E-state index is 0.620. The molecule has 1 aliphatic carbocycles. The molecular weight excluding hydrogens is 256 g/mol. The molecule has 1 aromatic rings. The molecule has 1 saturated carbocycles. The van der Waals surface area contributed by atoms with Gasteiger partial charge in [0.25, 0.3) is 0 Å². The lowest BCUT2D eigenvalue weighted by molar-refractivity contribution is 0.202. The molecular formula is C11H15BrN2O. The van der Waals surface area contributed by atoms with E-state index in [9.17, 15) is 0 Å². The van der Waals surface area contributed by atoms with E-state index in [4.69, 9.17) is 4.74 Å². The quantitative estimate of drug-likeness (QED) is 0.846. The largest absolute Gasteiger partial charge is 0.476 e. The van der Waals surface area contributed by atoms with E-state index < -0.39 is 0 Å². The molecule has 4 heteroatoms. The lowest BCUT2D eigenvalue weighted by Crippen LogP contribution is -2.15. The highest BCUT2D eigenvalue weighted by Crippen LogP contribution is 2.24. The molecule has 1 aromatic heterocycles. The minimum atomic E-state index is 0.620. The molecule has 1 aliphatic rings. The summed E-state index contributed by atoms with van der Waals surface area (Å²) in [4.78, 5) is 8.20. The fraction of sp³-hybridized carbons (Fsp3) is 0.636. The molecule has 0 amide bonds. The van der Waals surface area contributed by atoms with E-state index in [1.807, 2.05) is 0 Å². The van der Waals surface area contributed by atoms with Gasteiger partial charge in [-0.15, -0.1) is 0 Å². The van der Waals surface area contributed by atoms with Crippen LogP contribution in [0.25, 0.3) is 0 Å². The normalized spacial score (nSPS) is 17.7. The SMILES string of the molecule is Brc1cncc(OCC2CCCCC2)n1. The zero-order chi connectivity index (χ0) is 10.5. The van der Waals surface area contributed by atoms with Crippen LogP contribution in [-0.4, -0.2) is 16.6 Å². The van der Waals surface area contributed by atoms with Crippen molar-refractivity contribution >= 4 is 15.9 Å². The van der Waals surface area contributed by atoms with E-state index in [1.165, 1.54) is 32.1 Å².